The molecular formula is C25H28N4O2. The second-order valence-electron chi connectivity index (χ2n) is 8.19. The highest BCUT2D eigenvalue weighted by Gasteiger charge is 2.18. The van der Waals surface area contributed by atoms with Crippen LogP contribution in [-0.2, 0) is 0 Å². The molecule has 0 bridgehead atoms. The van der Waals surface area contributed by atoms with E-state index in [0.29, 0.717) is 6.61 Å². The van der Waals surface area contributed by atoms with Crippen molar-refractivity contribution in [3.8, 4) is 28.1 Å². The summed E-state index contributed by atoms with van der Waals surface area (Å²) in [4.78, 5) is 14.4. The van der Waals surface area contributed by atoms with E-state index in [1.165, 1.54) is 0 Å². The molecule has 31 heavy (non-hydrogen) atoms. The van der Waals surface area contributed by atoms with Gasteiger partial charge in [0, 0.05) is 53.8 Å². The van der Waals surface area contributed by atoms with Crippen LogP contribution >= 0.6 is 0 Å². The molecule has 6 heteroatoms. The van der Waals surface area contributed by atoms with Gasteiger partial charge < -0.3 is 14.2 Å². The zero-order valence-electron chi connectivity index (χ0n) is 18.4. The zero-order chi connectivity index (χ0) is 22.0. The van der Waals surface area contributed by atoms with Gasteiger partial charge in [0.2, 0.25) is 0 Å². The van der Waals surface area contributed by atoms with E-state index in [-0.39, 0.29) is 11.6 Å². The first-order chi connectivity index (χ1) is 14.9. The lowest BCUT2D eigenvalue weighted by molar-refractivity contribution is 0.261. The third-order valence-electron chi connectivity index (χ3n) is 5.24. The lowest BCUT2D eigenvalue weighted by Gasteiger charge is -2.13. The Balaban J connectivity index is 1.89. The summed E-state index contributed by atoms with van der Waals surface area (Å²) in [6.07, 6.45) is 3.85. The molecule has 6 nitrogen and oxygen atoms in total. The molecule has 0 N–H and O–H groups in total. The van der Waals surface area contributed by atoms with E-state index < -0.39 is 0 Å². The molecule has 160 valence electrons. The standard InChI is InChI=1S/C25H28N4O2/c1-18(2)28-17-20(10-11-23(28)30)24-22-16-21(31-15-14-27(3)4)12-13-29(22)26-25(24)19-8-6-5-7-9-19/h5-13,16-18H,14-15H2,1-4H3. The maximum atomic E-state index is 12.3. The summed E-state index contributed by atoms with van der Waals surface area (Å²) in [5.41, 5.74) is 4.77. The monoisotopic (exact) mass is 416 g/mol. The van der Waals surface area contributed by atoms with Crippen LogP contribution in [0.1, 0.15) is 19.9 Å². The van der Waals surface area contributed by atoms with Crippen LogP contribution in [0.4, 0.5) is 0 Å². The van der Waals surface area contributed by atoms with E-state index in [2.05, 4.69) is 17.0 Å². The lowest BCUT2D eigenvalue weighted by atomic mass is 10.0. The molecule has 0 atom stereocenters. The molecule has 0 saturated heterocycles. The average molecular weight is 417 g/mol. The Morgan fingerprint density at radius 2 is 1.81 bits per heavy atom. The van der Waals surface area contributed by atoms with Crippen molar-refractivity contribution in [2.24, 2.45) is 0 Å². The second-order valence-corrected chi connectivity index (χ2v) is 8.19. The summed E-state index contributed by atoms with van der Waals surface area (Å²) >= 11 is 0. The highest BCUT2D eigenvalue weighted by atomic mass is 16.5. The zero-order valence-corrected chi connectivity index (χ0v) is 18.4. The van der Waals surface area contributed by atoms with Crippen molar-refractivity contribution < 1.29 is 4.74 Å². The van der Waals surface area contributed by atoms with Crippen molar-refractivity contribution in [1.29, 1.82) is 0 Å². The van der Waals surface area contributed by atoms with Gasteiger partial charge >= 0.3 is 0 Å². The van der Waals surface area contributed by atoms with Crippen LogP contribution in [0.3, 0.4) is 0 Å². The average Bonchev–Trinajstić information content (AvgIpc) is 3.13. The van der Waals surface area contributed by atoms with Gasteiger partial charge in [-0.05, 0) is 40.1 Å². The first kappa shape index (κ1) is 20.9. The van der Waals surface area contributed by atoms with Gasteiger partial charge in [-0.3, -0.25) is 4.79 Å². The van der Waals surface area contributed by atoms with Gasteiger partial charge in [0.15, 0.2) is 0 Å². The van der Waals surface area contributed by atoms with Crippen LogP contribution in [0.25, 0.3) is 27.9 Å². The minimum atomic E-state index is -0.0100. The molecule has 0 aliphatic rings. The van der Waals surface area contributed by atoms with Gasteiger partial charge in [-0.2, -0.15) is 5.10 Å². The van der Waals surface area contributed by atoms with Crippen LogP contribution in [-0.4, -0.2) is 46.3 Å². The Morgan fingerprint density at radius 3 is 2.52 bits per heavy atom. The number of aromatic nitrogens is 3. The molecule has 0 aliphatic carbocycles. The molecule has 0 fully saturated rings. The fourth-order valence-electron chi connectivity index (χ4n) is 3.60. The molecule has 4 rings (SSSR count). The van der Waals surface area contributed by atoms with Crippen molar-refractivity contribution in [1.82, 2.24) is 19.1 Å². The lowest BCUT2D eigenvalue weighted by Crippen LogP contribution is -2.20. The summed E-state index contributed by atoms with van der Waals surface area (Å²) in [5.74, 6) is 0.798. The first-order valence-corrected chi connectivity index (χ1v) is 10.5. The van der Waals surface area contributed by atoms with E-state index in [1.807, 2.05) is 81.3 Å². The Hall–Kier alpha value is -3.38. The molecule has 0 saturated carbocycles. The van der Waals surface area contributed by atoms with Crippen molar-refractivity contribution in [2.45, 2.75) is 19.9 Å². The summed E-state index contributed by atoms with van der Waals surface area (Å²) in [7, 11) is 4.05. The molecule has 4 aromatic rings. The number of hydrogen-bond acceptors (Lipinski definition) is 4. The maximum Gasteiger partial charge on any atom is 0.250 e. The van der Waals surface area contributed by atoms with Crippen LogP contribution in [0.2, 0.25) is 0 Å². The number of hydrogen-bond donors (Lipinski definition) is 0. The Bertz CT molecular complexity index is 1240. The largest absolute Gasteiger partial charge is 0.492 e. The minimum absolute atomic E-state index is 0.0100. The van der Waals surface area contributed by atoms with Gasteiger partial charge in [-0.25, -0.2) is 4.52 Å². The van der Waals surface area contributed by atoms with Gasteiger partial charge in [0.1, 0.15) is 18.1 Å². The summed E-state index contributed by atoms with van der Waals surface area (Å²) in [5, 5.41) is 4.87. The van der Waals surface area contributed by atoms with Crippen molar-refractivity contribution in [3.05, 3.63) is 77.3 Å². The van der Waals surface area contributed by atoms with E-state index >= 15 is 0 Å². The summed E-state index contributed by atoms with van der Waals surface area (Å²) in [6.45, 7) is 5.47. The molecule has 0 aliphatic heterocycles. The fraction of sp³-hybridized carbons (Fsp3) is 0.280. The summed E-state index contributed by atoms with van der Waals surface area (Å²) < 4.78 is 9.61. The van der Waals surface area contributed by atoms with E-state index in [4.69, 9.17) is 9.84 Å². The molecular weight excluding hydrogens is 388 g/mol. The predicted molar refractivity (Wildman–Crippen MR) is 125 cm³/mol. The van der Waals surface area contributed by atoms with Gasteiger partial charge in [-0.15, -0.1) is 0 Å². The highest BCUT2D eigenvalue weighted by molar-refractivity contribution is 5.92. The normalized spacial score (nSPS) is 11.5. The molecule has 0 amide bonds. The molecule has 0 spiro atoms. The molecule has 0 radical (unpaired) electrons. The van der Waals surface area contributed by atoms with Crippen molar-refractivity contribution in [3.63, 3.8) is 0 Å². The smallest absolute Gasteiger partial charge is 0.250 e. The predicted octanol–water partition coefficient (Wildman–Crippen LogP) is 4.35. The van der Waals surface area contributed by atoms with Crippen LogP contribution in [0.15, 0.2) is 71.8 Å². The minimum Gasteiger partial charge on any atom is -0.492 e. The Kier molecular flexibility index (Phi) is 5.91. The summed E-state index contributed by atoms with van der Waals surface area (Å²) in [6, 6.07) is 17.7. The first-order valence-electron chi connectivity index (χ1n) is 10.5. The van der Waals surface area contributed by atoms with Crippen molar-refractivity contribution in [2.75, 3.05) is 27.2 Å². The Morgan fingerprint density at radius 1 is 1.03 bits per heavy atom. The second kappa shape index (κ2) is 8.78. The van der Waals surface area contributed by atoms with Crippen molar-refractivity contribution >= 4 is 5.52 Å². The van der Waals surface area contributed by atoms with Gasteiger partial charge in [-0.1, -0.05) is 30.3 Å². The van der Waals surface area contributed by atoms with Gasteiger partial charge in [0.05, 0.1) is 5.52 Å². The molecule has 3 heterocycles. The SMILES string of the molecule is CC(C)n1cc(-c2c(-c3ccccc3)nn3ccc(OCCN(C)C)cc23)ccc1=O. The molecule has 0 unspecified atom stereocenters. The van der Waals surface area contributed by atoms with E-state index in [0.717, 1.165) is 40.2 Å². The molecule has 1 aromatic carbocycles. The number of ether oxygens (including phenoxy) is 1. The van der Waals surface area contributed by atoms with Crippen LogP contribution in [0, 0.1) is 0 Å². The number of pyridine rings is 2. The van der Waals surface area contributed by atoms with Crippen LogP contribution < -0.4 is 10.3 Å². The number of benzene rings is 1. The number of fused-ring (bicyclic) bond motifs is 1. The molecule has 3 aromatic heterocycles. The number of likely N-dealkylation sites (N-methyl/N-ethyl adjacent to an activating group) is 1. The van der Waals surface area contributed by atoms with E-state index in [9.17, 15) is 4.79 Å². The van der Waals surface area contributed by atoms with E-state index in [1.54, 1.807) is 10.6 Å². The van der Waals surface area contributed by atoms with Crippen LogP contribution in [0.5, 0.6) is 5.75 Å². The number of rotatable bonds is 7. The maximum absolute atomic E-state index is 12.3. The quantitative estimate of drug-likeness (QED) is 0.449. The number of nitrogens with zero attached hydrogens (tertiary/aromatic N) is 4. The third kappa shape index (κ3) is 4.39. The topological polar surface area (TPSA) is 51.8 Å². The van der Waals surface area contributed by atoms with Gasteiger partial charge in [0.25, 0.3) is 5.56 Å². The fourth-order valence-corrected chi connectivity index (χ4v) is 3.60. The Labute approximate surface area is 182 Å². The highest BCUT2D eigenvalue weighted by Crippen LogP contribution is 2.36. The third-order valence-corrected chi connectivity index (χ3v) is 5.24.